The van der Waals surface area contributed by atoms with Gasteiger partial charge in [0, 0.05) is 19.5 Å². The van der Waals surface area contributed by atoms with Crippen molar-refractivity contribution in [1.82, 2.24) is 10.0 Å². The number of hydrogen-bond donors (Lipinski definition) is 2. The van der Waals surface area contributed by atoms with Gasteiger partial charge in [-0.1, -0.05) is 54.6 Å². The maximum Gasteiger partial charge on any atom is 0.240 e. The van der Waals surface area contributed by atoms with Crippen LogP contribution in [0, 0.1) is 13.8 Å². The summed E-state index contributed by atoms with van der Waals surface area (Å²) in [4.78, 5) is 12.4. The van der Waals surface area contributed by atoms with Crippen LogP contribution in [-0.4, -0.2) is 20.9 Å². The Morgan fingerprint density at radius 3 is 2.44 bits per heavy atom. The van der Waals surface area contributed by atoms with Crippen LogP contribution in [0.3, 0.4) is 0 Å². The molecule has 0 atom stereocenters. The molecule has 3 aromatic carbocycles. The molecular weight excluding hydrogens is 424 g/mol. The molecule has 7 heteroatoms. The van der Waals surface area contributed by atoms with Gasteiger partial charge in [-0.3, -0.25) is 4.79 Å². The third kappa shape index (κ3) is 6.93. The molecule has 0 saturated heterocycles. The molecule has 0 heterocycles. The van der Waals surface area contributed by atoms with Crippen LogP contribution >= 0.6 is 0 Å². The summed E-state index contributed by atoms with van der Waals surface area (Å²) in [5, 5.41) is 2.82. The predicted molar refractivity (Wildman–Crippen MR) is 125 cm³/mol. The molecule has 168 valence electrons. The van der Waals surface area contributed by atoms with Crippen molar-refractivity contribution in [1.29, 1.82) is 0 Å². The highest BCUT2D eigenvalue weighted by Crippen LogP contribution is 2.17. The second-order valence-corrected chi connectivity index (χ2v) is 9.35. The molecule has 2 N–H and O–H groups in total. The number of carbonyl (C=O) groups is 1. The Bertz CT molecular complexity index is 1160. The molecular formula is C25H28N2O4S. The Morgan fingerprint density at radius 2 is 1.66 bits per heavy atom. The molecule has 1 amide bonds. The van der Waals surface area contributed by atoms with Gasteiger partial charge in [0.05, 0.1) is 4.90 Å². The number of aryl methyl sites for hydroxylation is 2. The number of rotatable bonds is 10. The lowest BCUT2D eigenvalue weighted by atomic mass is 10.2. The lowest BCUT2D eigenvalue weighted by molar-refractivity contribution is -0.121. The van der Waals surface area contributed by atoms with E-state index in [0.717, 1.165) is 22.4 Å². The summed E-state index contributed by atoms with van der Waals surface area (Å²) in [6, 6.07) is 22.7. The summed E-state index contributed by atoms with van der Waals surface area (Å²) >= 11 is 0. The summed E-state index contributed by atoms with van der Waals surface area (Å²) in [5.74, 6) is 0.492. The molecule has 0 bridgehead atoms. The number of amides is 1. The summed E-state index contributed by atoms with van der Waals surface area (Å²) in [5.41, 5.74) is 3.51. The van der Waals surface area contributed by atoms with Gasteiger partial charge in [0.15, 0.2) is 0 Å². The molecule has 0 spiro atoms. The first-order valence-corrected chi connectivity index (χ1v) is 11.9. The van der Waals surface area contributed by atoms with Crippen molar-refractivity contribution >= 4 is 15.9 Å². The molecule has 32 heavy (non-hydrogen) atoms. The fourth-order valence-electron chi connectivity index (χ4n) is 3.15. The topological polar surface area (TPSA) is 84.5 Å². The zero-order chi connectivity index (χ0) is 23.0. The first kappa shape index (κ1) is 23.5. The second-order valence-electron chi connectivity index (χ2n) is 7.62. The van der Waals surface area contributed by atoms with Crippen LogP contribution in [0.4, 0.5) is 0 Å². The Balaban J connectivity index is 1.45. The van der Waals surface area contributed by atoms with Crippen molar-refractivity contribution in [2.45, 2.75) is 38.3 Å². The van der Waals surface area contributed by atoms with Crippen molar-refractivity contribution in [3.05, 3.63) is 95.1 Å². The molecule has 0 aliphatic heterocycles. The highest BCUT2D eigenvalue weighted by molar-refractivity contribution is 7.89. The van der Waals surface area contributed by atoms with Gasteiger partial charge in [-0.15, -0.1) is 0 Å². The van der Waals surface area contributed by atoms with E-state index in [4.69, 9.17) is 4.74 Å². The van der Waals surface area contributed by atoms with Gasteiger partial charge in [-0.05, 0) is 54.3 Å². The summed E-state index contributed by atoms with van der Waals surface area (Å²) < 4.78 is 33.3. The van der Waals surface area contributed by atoms with Crippen LogP contribution in [0.1, 0.15) is 28.7 Å². The molecule has 0 saturated carbocycles. The van der Waals surface area contributed by atoms with Gasteiger partial charge < -0.3 is 10.1 Å². The summed E-state index contributed by atoms with van der Waals surface area (Å²) in [7, 11) is -3.66. The molecule has 0 aromatic heterocycles. The number of nitrogens with one attached hydrogen (secondary N) is 2. The third-order valence-corrected chi connectivity index (χ3v) is 6.52. The fourth-order valence-corrected chi connectivity index (χ4v) is 4.51. The van der Waals surface area contributed by atoms with Crippen LogP contribution in [0.5, 0.6) is 5.75 Å². The summed E-state index contributed by atoms with van der Waals surface area (Å²) in [6.45, 7) is 4.43. The van der Waals surface area contributed by atoms with E-state index < -0.39 is 10.0 Å². The molecule has 0 radical (unpaired) electrons. The number of hydrogen-bond acceptors (Lipinski definition) is 4. The van der Waals surface area contributed by atoms with E-state index in [2.05, 4.69) is 10.0 Å². The zero-order valence-electron chi connectivity index (χ0n) is 18.3. The standard InChI is InChI=1S/C25H28N2O4S/c1-19-11-12-20(2)24(15-19)32(29,30)27-14-13-25(28)26-17-22-9-6-10-23(16-22)31-18-21-7-4-3-5-8-21/h3-12,15-16,27H,13-14,17-18H2,1-2H3,(H,26,28). The lowest BCUT2D eigenvalue weighted by Gasteiger charge is -2.11. The highest BCUT2D eigenvalue weighted by atomic mass is 32.2. The van der Waals surface area contributed by atoms with Crippen molar-refractivity contribution in [3.63, 3.8) is 0 Å². The molecule has 3 aromatic rings. The van der Waals surface area contributed by atoms with Gasteiger partial charge in [-0.2, -0.15) is 0 Å². The van der Waals surface area contributed by atoms with Crippen molar-refractivity contribution < 1.29 is 17.9 Å². The second kappa shape index (κ2) is 10.9. The minimum Gasteiger partial charge on any atom is -0.489 e. The minimum atomic E-state index is -3.66. The number of benzene rings is 3. The Hall–Kier alpha value is -3.16. The Kier molecular flexibility index (Phi) is 8.03. The first-order valence-electron chi connectivity index (χ1n) is 10.4. The lowest BCUT2D eigenvalue weighted by Crippen LogP contribution is -2.31. The van der Waals surface area contributed by atoms with Crippen molar-refractivity contribution in [2.24, 2.45) is 0 Å². The largest absolute Gasteiger partial charge is 0.489 e. The normalized spacial score (nSPS) is 11.2. The number of carbonyl (C=O) groups excluding carboxylic acids is 1. The smallest absolute Gasteiger partial charge is 0.240 e. The molecule has 6 nitrogen and oxygen atoms in total. The Labute approximate surface area is 189 Å². The maximum absolute atomic E-state index is 12.5. The van der Waals surface area contributed by atoms with Gasteiger partial charge in [0.1, 0.15) is 12.4 Å². The van der Waals surface area contributed by atoms with Crippen LogP contribution in [-0.2, 0) is 28.0 Å². The van der Waals surface area contributed by atoms with Gasteiger partial charge >= 0.3 is 0 Å². The highest BCUT2D eigenvalue weighted by Gasteiger charge is 2.17. The maximum atomic E-state index is 12.5. The van der Waals surface area contributed by atoms with E-state index in [1.165, 1.54) is 0 Å². The van der Waals surface area contributed by atoms with Gasteiger partial charge in [-0.25, -0.2) is 13.1 Å². The molecule has 0 fully saturated rings. The Morgan fingerprint density at radius 1 is 0.906 bits per heavy atom. The van der Waals surface area contributed by atoms with Crippen molar-refractivity contribution in [2.75, 3.05) is 6.54 Å². The van der Waals surface area contributed by atoms with E-state index in [9.17, 15) is 13.2 Å². The van der Waals surface area contributed by atoms with E-state index in [-0.39, 0.29) is 23.8 Å². The average molecular weight is 453 g/mol. The predicted octanol–water partition coefficient (Wildman–Crippen LogP) is 3.87. The van der Waals surface area contributed by atoms with Crippen LogP contribution < -0.4 is 14.8 Å². The molecule has 0 unspecified atom stereocenters. The molecule has 3 rings (SSSR count). The SMILES string of the molecule is Cc1ccc(C)c(S(=O)(=O)NCCC(=O)NCc2cccc(OCc3ccccc3)c2)c1. The quantitative estimate of drug-likeness (QED) is 0.489. The van der Waals surface area contributed by atoms with E-state index in [1.807, 2.05) is 67.6 Å². The van der Waals surface area contributed by atoms with Gasteiger partial charge in [0.2, 0.25) is 15.9 Å². The van der Waals surface area contributed by atoms with Crippen LogP contribution in [0.2, 0.25) is 0 Å². The first-order chi connectivity index (χ1) is 15.3. The van der Waals surface area contributed by atoms with E-state index >= 15 is 0 Å². The van der Waals surface area contributed by atoms with E-state index in [0.29, 0.717) is 18.7 Å². The average Bonchev–Trinajstić information content (AvgIpc) is 2.79. The third-order valence-electron chi connectivity index (χ3n) is 4.91. The zero-order valence-corrected chi connectivity index (χ0v) is 19.1. The monoisotopic (exact) mass is 452 g/mol. The van der Waals surface area contributed by atoms with E-state index in [1.54, 1.807) is 19.1 Å². The number of ether oxygens (including phenoxy) is 1. The summed E-state index contributed by atoms with van der Waals surface area (Å²) in [6.07, 6.45) is 0.0499. The van der Waals surface area contributed by atoms with Gasteiger partial charge in [0.25, 0.3) is 0 Å². The van der Waals surface area contributed by atoms with Crippen molar-refractivity contribution in [3.8, 4) is 5.75 Å². The van der Waals surface area contributed by atoms with Crippen LogP contribution in [0.15, 0.2) is 77.7 Å². The molecule has 0 aliphatic carbocycles. The fraction of sp³-hybridized carbons (Fsp3) is 0.240. The minimum absolute atomic E-state index is 0.0295. The molecule has 0 aliphatic rings. The number of sulfonamides is 1. The van der Waals surface area contributed by atoms with Crippen LogP contribution in [0.25, 0.3) is 0 Å².